The zero-order valence-corrected chi connectivity index (χ0v) is 13.2. The van der Waals surface area contributed by atoms with Gasteiger partial charge in [-0.15, -0.1) is 0 Å². The van der Waals surface area contributed by atoms with Gasteiger partial charge in [-0.25, -0.2) is 0 Å². The van der Waals surface area contributed by atoms with Crippen molar-refractivity contribution in [1.29, 1.82) is 0 Å². The lowest BCUT2D eigenvalue weighted by Crippen LogP contribution is -2.45. The minimum absolute atomic E-state index is 0.0291. The Hall–Kier alpha value is -2.41. The van der Waals surface area contributed by atoms with Crippen molar-refractivity contribution in [3.8, 4) is 5.75 Å². The van der Waals surface area contributed by atoms with Gasteiger partial charge < -0.3 is 18.9 Å². The highest BCUT2D eigenvalue weighted by molar-refractivity contribution is 5.78. The summed E-state index contributed by atoms with van der Waals surface area (Å²) in [6, 6.07) is 5.58. The lowest BCUT2D eigenvalue weighted by molar-refractivity contribution is -0.142. The zero-order valence-electron chi connectivity index (χ0n) is 13.2. The van der Waals surface area contributed by atoms with Crippen molar-refractivity contribution in [3.63, 3.8) is 0 Å². The maximum Gasteiger partial charge on any atom is 0.261 e. The fourth-order valence-corrected chi connectivity index (χ4v) is 2.53. The highest BCUT2D eigenvalue weighted by Crippen LogP contribution is 2.23. The Balaban J connectivity index is 1.67. The van der Waals surface area contributed by atoms with Gasteiger partial charge in [-0.05, 0) is 31.0 Å². The number of morpholine rings is 1. The minimum Gasteiger partial charge on any atom is -0.483 e. The van der Waals surface area contributed by atoms with Crippen LogP contribution in [0, 0.1) is 13.8 Å². The van der Waals surface area contributed by atoms with Gasteiger partial charge in [0.25, 0.3) is 5.91 Å². The Morgan fingerprint density at radius 1 is 1.43 bits per heavy atom. The zero-order chi connectivity index (χ0) is 16.2. The highest BCUT2D eigenvalue weighted by Gasteiger charge is 2.31. The molecule has 0 N–H and O–H groups in total. The quantitative estimate of drug-likeness (QED) is 0.853. The van der Waals surface area contributed by atoms with E-state index in [0.29, 0.717) is 25.6 Å². The third kappa shape index (κ3) is 3.50. The fraction of sp³-hybridized carbons (Fsp3) is 0.438. The van der Waals surface area contributed by atoms with E-state index in [9.17, 15) is 4.79 Å². The van der Waals surface area contributed by atoms with Gasteiger partial charge in [0.05, 0.1) is 13.2 Å². The van der Waals surface area contributed by atoms with E-state index in [1.807, 2.05) is 32.0 Å². The Morgan fingerprint density at radius 2 is 2.30 bits per heavy atom. The van der Waals surface area contributed by atoms with E-state index in [-0.39, 0.29) is 18.6 Å². The molecule has 1 aliphatic heterocycles. The van der Waals surface area contributed by atoms with Gasteiger partial charge in [-0.1, -0.05) is 17.3 Å². The molecule has 3 rings (SSSR count). The summed E-state index contributed by atoms with van der Waals surface area (Å²) in [4.78, 5) is 18.2. The first kappa shape index (κ1) is 15.5. The first-order chi connectivity index (χ1) is 11.1. The number of rotatable bonds is 4. The predicted molar refractivity (Wildman–Crippen MR) is 81.0 cm³/mol. The lowest BCUT2D eigenvalue weighted by Gasteiger charge is -2.33. The smallest absolute Gasteiger partial charge is 0.261 e. The summed E-state index contributed by atoms with van der Waals surface area (Å²) in [6.07, 6.45) is 1.25. The van der Waals surface area contributed by atoms with Crippen LogP contribution in [-0.4, -0.2) is 47.3 Å². The van der Waals surface area contributed by atoms with Crippen LogP contribution in [0.1, 0.15) is 23.0 Å². The molecule has 7 heteroatoms. The molecule has 0 saturated carbocycles. The SMILES string of the molecule is Cc1ccc(C)c(OCC(=O)N2CCOC[C@@H]2c2ncon2)c1. The van der Waals surface area contributed by atoms with Crippen LogP contribution in [0.5, 0.6) is 5.75 Å². The van der Waals surface area contributed by atoms with Gasteiger partial charge in [-0.2, -0.15) is 4.98 Å². The van der Waals surface area contributed by atoms with E-state index in [4.69, 9.17) is 14.0 Å². The van der Waals surface area contributed by atoms with E-state index in [1.54, 1.807) is 4.90 Å². The third-order valence-corrected chi connectivity index (χ3v) is 3.82. The number of aromatic nitrogens is 2. The number of amides is 1. The largest absolute Gasteiger partial charge is 0.483 e. The number of hydrogen-bond donors (Lipinski definition) is 0. The molecule has 1 aromatic heterocycles. The molecule has 1 aromatic carbocycles. The summed E-state index contributed by atoms with van der Waals surface area (Å²) in [6.45, 7) is 5.24. The maximum atomic E-state index is 12.5. The van der Waals surface area contributed by atoms with Crippen LogP contribution in [-0.2, 0) is 9.53 Å². The molecule has 0 radical (unpaired) electrons. The number of hydrogen-bond acceptors (Lipinski definition) is 6. The molecular weight excluding hydrogens is 298 g/mol. The van der Waals surface area contributed by atoms with Gasteiger partial charge in [0.15, 0.2) is 12.4 Å². The van der Waals surface area contributed by atoms with Gasteiger partial charge >= 0.3 is 0 Å². The Bertz CT molecular complexity index is 672. The molecule has 2 heterocycles. The number of ether oxygens (including phenoxy) is 2. The molecule has 1 saturated heterocycles. The first-order valence-corrected chi connectivity index (χ1v) is 7.48. The summed E-state index contributed by atoms with van der Waals surface area (Å²) in [5, 5.41) is 3.82. The van der Waals surface area contributed by atoms with Crippen molar-refractivity contribution in [3.05, 3.63) is 41.5 Å². The summed E-state index contributed by atoms with van der Waals surface area (Å²) < 4.78 is 15.9. The molecular formula is C16H19N3O4. The Labute approximate surface area is 134 Å². The monoisotopic (exact) mass is 317 g/mol. The number of aryl methyl sites for hydroxylation is 2. The molecule has 1 aliphatic rings. The second-order valence-electron chi connectivity index (χ2n) is 5.52. The van der Waals surface area contributed by atoms with Crippen molar-refractivity contribution in [2.24, 2.45) is 0 Å². The molecule has 2 aromatic rings. The van der Waals surface area contributed by atoms with Crippen LogP contribution in [0.4, 0.5) is 0 Å². The molecule has 1 amide bonds. The topological polar surface area (TPSA) is 77.7 Å². The van der Waals surface area contributed by atoms with Crippen molar-refractivity contribution < 1.29 is 18.8 Å². The van der Waals surface area contributed by atoms with Crippen LogP contribution in [0.25, 0.3) is 0 Å². The van der Waals surface area contributed by atoms with Gasteiger partial charge in [0.2, 0.25) is 6.39 Å². The molecule has 1 atom stereocenters. The van der Waals surface area contributed by atoms with E-state index < -0.39 is 0 Å². The molecule has 0 aliphatic carbocycles. The number of carbonyl (C=O) groups excluding carboxylic acids is 1. The number of benzene rings is 1. The summed E-state index contributed by atoms with van der Waals surface area (Å²) in [5.74, 6) is 1.05. The van der Waals surface area contributed by atoms with Gasteiger partial charge in [0, 0.05) is 6.54 Å². The predicted octanol–water partition coefficient (Wildman–Crippen LogP) is 1.67. The molecule has 23 heavy (non-hydrogen) atoms. The summed E-state index contributed by atoms with van der Waals surface area (Å²) >= 11 is 0. The first-order valence-electron chi connectivity index (χ1n) is 7.48. The third-order valence-electron chi connectivity index (χ3n) is 3.82. The van der Waals surface area contributed by atoms with Gasteiger partial charge in [-0.3, -0.25) is 4.79 Å². The van der Waals surface area contributed by atoms with Crippen LogP contribution in [0.3, 0.4) is 0 Å². The second-order valence-corrected chi connectivity index (χ2v) is 5.52. The minimum atomic E-state index is -0.336. The maximum absolute atomic E-state index is 12.5. The molecule has 1 fully saturated rings. The fourth-order valence-electron chi connectivity index (χ4n) is 2.53. The average Bonchev–Trinajstić information content (AvgIpc) is 3.10. The van der Waals surface area contributed by atoms with E-state index in [1.165, 1.54) is 6.39 Å². The molecule has 122 valence electrons. The van der Waals surface area contributed by atoms with Crippen molar-refractivity contribution in [1.82, 2.24) is 15.0 Å². The van der Waals surface area contributed by atoms with E-state index in [2.05, 4.69) is 10.1 Å². The molecule has 0 unspecified atom stereocenters. The van der Waals surface area contributed by atoms with Crippen LogP contribution < -0.4 is 4.74 Å². The summed E-state index contributed by atoms with van der Waals surface area (Å²) in [5.41, 5.74) is 2.09. The second kappa shape index (κ2) is 6.78. The highest BCUT2D eigenvalue weighted by atomic mass is 16.5. The van der Waals surface area contributed by atoms with Crippen LogP contribution >= 0.6 is 0 Å². The van der Waals surface area contributed by atoms with Crippen LogP contribution in [0.15, 0.2) is 29.1 Å². The van der Waals surface area contributed by atoms with E-state index in [0.717, 1.165) is 16.9 Å². The van der Waals surface area contributed by atoms with Crippen LogP contribution in [0.2, 0.25) is 0 Å². The van der Waals surface area contributed by atoms with E-state index >= 15 is 0 Å². The normalized spacial score (nSPS) is 18.0. The number of nitrogens with zero attached hydrogens (tertiary/aromatic N) is 3. The Kier molecular flexibility index (Phi) is 4.57. The lowest BCUT2D eigenvalue weighted by atomic mass is 10.1. The molecule has 7 nitrogen and oxygen atoms in total. The summed E-state index contributed by atoms with van der Waals surface area (Å²) in [7, 11) is 0. The van der Waals surface area contributed by atoms with Crippen molar-refractivity contribution in [2.45, 2.75) is 19.9 Å². The van der Waals surface area contributed by atoms with Crippen molar-refractivity contribution >= 4 is 5.91 Å². The number of carbonyl (C=O) groups is 1. The molecule has 0 spiro atoms. The van der Waals surface area contributed by atoms with Crippen molar-refractivity contribution in [2.75, 3.05) is 26.4 Å². The standard InChI is InChI=1S/C16H19N3O4/c1-11-3-4-12(2)14(7-11)22-9-15(20)19-5-6-21-8-13(19)16-17-10-23-18-16/h3-4,7,10,13H,5-6,8-9H2,1-2H3/t13-/m1/s1. The average molecular weight is 317 g/mol. The Morgan fingerprint density at radius 3 is 3.09 bits per heavy atom. The molecule has 0 bridgehead atoms. The van der Waals surface area contributed by atoms with Gasteiger partial charge in [0.1, 0.15) is 11.8 Å².